The van der Waals surface area contributed by atoms with E-state index >= 15 is 0 Å². The number of carbonyl (C=O) groups excluding carboxylic acids is 2. The third-order valence-corrected chi connectivity index (χ3v) is 5.60. The van der Waals surface area contributed by atoms with Gasteiger partial charge in [0.05, 0.1) is 16.4 Å². The van der Waals surface area contributed by atoms with Crippen molar-refractivity contribution in [3.05, 3.63) is 71.8 Å². The zero-order valence-corrected chi connectivity index (χ0v) is 15.0. The van der Waals surface area contributed by atoms with E-state index in [-0.39, 0.29) is 11.9 Å². The van der Waals surface area contributed by atoms with Crippen molar-refractivity contribution < 1.29 is 23.5 Å². The summed E-state index contributed by atoms with van der Waals surface area (Å²) < 4.78 is 25.2. The predicted molar refractivity (Wildman–Crippen MR) is 98.1 cm³/mol. The van der Waals surface area contributed by atoms with Crippen molar-refractivity contribution in [3.8, 4) is 0 Å². The van der Waals surface area contributed by atoms with E-state index in [1.165, 1.54) is 11.8 Å². The summed E-state index contributed by atoms with van der Waals surface area (Å²) in [6.45, 7) is 1.72. The molecular formula is C20H19FO4S. The number of rotatable bonds is 5. The number of ether oxygens (including phenoxy) is 2. The minimum absolute atomic E-state index is 0.0180. The molecule has 0 spiro atoms. The summed E-state index contributed by atoms with van der Waals surface area (Å²) in [6, 6.07) is 17.0. The SMILES string of the molecule is CC1S[C@H](COC(=O)c2ccccc2)[C@@H](OC(=O)c2ccccc2)[C@@H]1F. The zero-order chi connectivity index (χ0) is 18.5. The molecule has 1 saturated heterocycles. The van der Waals surface area contributed by atoms with Crippen molar-refractivity contribution in [3.63, 3.8) is 0 Å². The second kappa shape index (κ2) is 8.36. The van der Waals surface area contributed by atoms with Crippen LogP contribution in [0.5, 0.6) is 0 Å². The molecule has 136 valence electrons. The highest BCUT2D eigenvalue weighted by Crippen LogP contribution is 2.38. The average Bonchev–Trinajstić information content (AvgIpc) is 2.95. The van der Waals surface area contributed by atoms with Crippen LogP contribution < -0.4 is 0 Å². The molecule has 0 N–H and O–H groups in total. The van der Waals surface area contributed by atoms with Gasteiger partial charge in [-0.3, -0.25) is 0 Å². The highest BCUT2D eigenvalue weighted by Gasteiger charge is 2.45. The van der Waals surface area contributed by atoms with E-state index in [0.29, 0.717) is 11.1 Å². The maximum atomic E-state index is 14.5. The van der Waals surface area contributed by atoms with Crippen LogP contribution in [0.25, 0.3) is 0 Å². The third-order valence-electron chi connectivity index (χ3n) is 4.16. The fraction of sp³-hybridized carbons (Fsp3) is 0.300. The van der Waals surface area contributed by atoms with Gasteiger partial charge in [0.15, 0.2) is 0 Å². The average molecular weight is 374 g/mol. The van der Waals surface area contributed by atoms with Gasteiger partial charge in [-0.15, -0.1) is 11.8 Å². The first-order valence-electron chi connectivity index (χ1n) is 8.34. The van der Waals surface area contributed by atoms with Crippen LogP contribution in [0.15, 0.2) is 60.7 Å². The molecule has 0 radical (unpaired) electrons. The molecule has 2 aromatic carbocycles. The van der Waals surface area contributed by atoms with Crippen molar-refractivity contribution in [2.24, 2.45) is 0 Å². The smallest absolute Gasteiger partial charge is 0.338 e. The first-order valence-corrected chi connectivity index (χ1v) is 9.28. The van der Waals surface area contributed by atoms with Gasteiger partial charge >= 0.3 is 11.9 Å². The molecule has 3 rings (SSSR count). The number of esters is 2. The number of benzene rings is 2. The number of halogens is 1. The lowest BCUT2D eigenvalue weighted by molar-refractivity contribution is 0.00209. The predicted octanol–water partition coefficient (Wildman–Crippen LogP) is 3.91. The van der Waals surface area contributed by atoms with E-state index in [9.17, 15) is 14.0 Å². The Morgan fingerprint density at radius 2 is 1.50 bits per heavy atom. The number of thioether (sulfide) groups is 1. The fourth-order valence-electron chi connectivity index (χ4n) is 2.76. The molecule has 0 saturated carbocycles. The van der Waals surface area contributed by atoms with Crippen molar-refractivity contribution in [1.29, 1.82) is 0 Å². The summed E-state index contributed by atoms with van der Waals surface area (Å²) in [4.78, 5) is 24.3. The van der Waals surface area contributed by atoms with Crippen LogP contribution in [0.3, 0.4) is 0 Å². The molecule has 0 aliphatic carbocycles. The van der Waals surface area contributed by atoms with Crippen LogP contribution >= 0.6 is 11.8 Å². The second-order valence-corrected chi connectivity index (χ2v) is 7.65. The van der Waals surface area contributed by atoms with Crippen molar-refractivity contribution in [2.75, 3.05) is 6.61 Å². The van der Waals surface area contributed by atoms with Gasteiger partial charge in [-0.2, -0.15) is 0 Å². The molecule has 2 aromatic rings. The van der Waals surface area contributed by atoms with Gasteiger partial charge in [-0.05, 0) is 24.3 Å². The molecule has 1 unspecified atom stereocenters. The standard InChI is InChI=1S/C20H19FO4S/c1-13-17(21)18(25-20(23)15-10-6-3-7-11-15)16(26-13)12-24-19(22)14-8-4-2-5-9-14/h2-11,13,16-18H,12H2,1H3/t13?,16-,17-,18-/m1/s1. The van der Waals surface area contributed by atoms with Gasteiger partial charge < -0.3 is 9.47 Å². The molecule has 1 fully saturated rings. The highest BCUT2D eigenvalue weighted by molar-refractivity contribution is 8.00. The third kappa shape index (κ3) is 4.25. The number of hydrogen-bond acceptors (Lipinski definition) is 5. The summed E-state index contributed by atoms with van der Waals surface area (Å²) in [5.41, 5.74) is 0.794. The van der Waals surface area contributed by atoms with E-state index in [1.54, 1.807) is 67.6 Å². The molecule has 4 nitrogen and oxygen atoms in total. The number of alkyl halides is 1. The molecule has 0 bridgehead atoms. The Bertz CT molecular complexity index is 753. The molecule has 6 heteroatoms. The Kier molecular flexibility index (Phi) is 5.93. The first-order chi connectivity index (χ1) is 12.6. The minimum atomic E-state index is -1.31. The van der Waals surface area contributed by atoms with Crippen LogP contribution in [0.2, 0.25) is 0 Å². The lowest BCUT2D eigenvalue weighted by Gasteiger charge is -2.20. The molecule has 0 amide bonds. The Labute approximate surface area is 155 Å². The topological polar surface area (TPSA) is 52.6 Å². The van der Waals surface area contributed by atoms with Gasteiger partial charge in [0.1, 0.15) is 18.9 Å². The van der Waals surface area contributed by atoms with Gasteiger partial charge in [-0.25, -0.2) is 14.0 Å². The fourth-order valence-corrected chi connectivity index (χ4v) is 4.12. The van der Waals surface area contributed by atoms with E-state index in [1.807, 2.05) is 0 Å². The van der Waals surface area contributed by atoms with Crippen LogP contribution in [0.4, 0.5) is 4.39 Å². The maximum Gasteiger partial charge on any atom is 0.338 e. The normalized spacial score (nSPS) is 24.8. The summed E-state index contributed by atoms with van der Waals surface area (Å²) in [5, 5.41) is -0.788. The van der Waals surface area contributed by atoms with Crippen LogP contribution in [-0.4, -0.2) is 41.3 Å². The summed E-state index contributed by atoms with van der Waals surface area (Å²) in [5.74, 6) is -1.05. The molecule has 1 aliphatic heterocycles. The molecule has 4 atom stereocenters. The molecular weight excluding hydrogens is 355 g/mol. The number of hydrogen-bond donors (Lipinski definition) is 0. The second-order valence-electron chi connectivity index (χ2n) is 6.02. The van der Waals surface area contributed by atoms with Crippen molar-refractivity contribution >= 4 is 23.7 Å². The lowest BCUT2D eigenvalue weighted by Crippen LogP contribution is -2.36. The minimum Gasteiger partial charge on any atom is -0.461 e. The van der Waals surface area contributed by atoms with Gasteiger partial charge in [0.25, 0.3) is 0 Å². The Morgan fingerprint density at radius 1 is 0.962 bits per heavy atom. The summed E-state index contributed by atoms with van der Waals surface area (Å²) in [7, 11) is 0. The quantitative estimate of drug-likeness (QED) is 0.743. The highest BCUT2D eigenvalue weighted by atomic mass is 32.2. The largest absolute Gasteiger partial charge is 0.461 e. The monoisotopic (exact) mass is 374 g/mol. The van der Waals surface area contributed by atoms with Gasteiger partial charge in [0.2, 0.25) is 0 Å². The van der Waals surface area contributed by atoms with Crippen molar-refractivity contribution in [2.45, 2.75) is 29.7 Å². The zero-order valence-electron chi connectivity index (χ0n) is 14.2. The molecule has 26 heavy (non-hydrogen) atoms. The maximum absolute atomic E-state index is 14.5. The van der Waals surface area contributed by atoms with E-state index in [2.05, 4.69) is 0 Å². The molecule has 1 heterocycles. The van der Waals surface area contributed by atoms with E-state index in [0.717, 1.165) is 0 Å². The molecule has 1 aliphatic rings. The first kappa shape index (κ1) is 18.5. The van der Waals surface area contributed by atoms with E-state index in [4.69, 9.17) is 9.47 Å². The summed E-state index contributed by atoms with van der Waals surface area (Å²) in [6.07, 6.45) is -2.26. The Morgan fingerprint density at radius 3 is 2.08 bits per heavy atom. The van der Waals surface area contributed by atoms with Crippen LogP contribution in [-0.2, 0) is 9.47 Å². The summed E-state index contributed by atoms with van der Waals surface area (Å²) >= 11 is 1.33. The van der Waals surface area contributed by atoms with Crippen molar-refractivity contribution in [1.82, 2.24) is 0 Å². The van der Waals surface area contributed by atoms with Crippen LogP contribution in [0.1, 0.15) is 27.6 Å². The van der Waals surface area contributed by atoms with Crippen LogP contribution in [0, 0.1) is 0 Å². The number of carbonyl (C=O) groups is 2. The lowest BCUT2D eigenvalue weighted by atomic mass is 10.1. The Balaban J connectivity index is 1.63. The van der Waals surface area contributed by atoms with Gasteiger partial charge in [0, 0.05) is 5.25 Å². The van der Waals surface area contributed by atoms with E-state index < -0.39 is 29.5 Å². The molecule has 0 aromatic heterocycles. The Hall–Kier alpha value is -2.34. The van der Waals surface area contributed by atoms with Gasteiger partial charge in [-0.1, -0.05) is 43.3 Å².